The minimum Gasteiger partial charge on any atom is -0.491 e. The first-order chi connectivity index (χ1) is 8.56. The summed E-state index contributed by atoms with van der Waals surface area (Å²) in [4.78, 5) is 0. The van der Waals surface area contributed by atoms with E-state index in [1.165, 1.54) is 5.56 Å². The molecule has 0 unspecified atom stereocenters. The van der Waals surface area contributed by atoms with Gasteiger partial charge in [0, 0.05) is 13.5 Å². The molecular weight excluding hydrogens is 246 g/mol. The van der Waals surface area contributed by atoms with Crippen LogP contribution in [0.25, 0.3) is 0 Å². The van der Waals surface area contributed by atoms with Gasteiger partial charge < -0.3 is 9.30 Å². The second kappa shape index (κ2) is 5.35. The number of aromatic amines is 1. The first kappa shape index (κ1) is 12.8. The molecule has 0 aliphatic carbocycles. The molecule has 1 N–H and O–H groups in total. The second-order valence-electron chi connectivity index (χ2n) is 4.49. The number of rotatable bonds is 4. The molecular formula is C13H17N3OS. The van der Waals surface area contributed by atoms with Crippen LogP contribution in [0.5, 0.6) is 5.75 Å². The zero-order chi connectivity index (χ0) is 13.1. The molecule has 0 saturated heterocycles. The Morgan fingerprint density at radius 1 is 1.33 bits per heavy atom. The van der Waals surface area contributed by atoms with Crippen LogP contribution in [0.2, 0.25) is 0 Å². The lowest BCUT2D eigenvalue weighted by molar-refractivity contribution is 0.242. The molecule has 1 aromatic carbocycles. The maximum Gasteiger partial charge on any atom is 0.194 e. The summed E-state index contributed by atoms with van der Waals surface area (Å²) in [6.07, 6.45) is 0.953. The Kier molecular flexibility index (Phi) is 3.81. The van der Waals surface area contributed by atoms with Crippen LogP contribution in [-0.2, 0) is 13.5 Å². The fourth-order valence-corrected chi connectivity index (χ4v) is 1.83. The third kappa shape index (κ3) is 2.98. The van der Waals surface area contributed by atoms with Crippen LogP contribution < -0.4 is 4.74 Å². The fraction of sp³-hybridized carbons (Fsp3) is 0.385. The van der Waals surface area contributed by atoms with E-state index >= 15 is 0 Å². The van der Waals surface area contributed by atoms with Crippen molar-refractivity contribution in [3.8, 4) is 5.75 Å². The lowest BCUT2D eigenvalue weighted by Gasteiger charge is -2.09. The van der Waals surface area contributed by atoms with Crippen LogP contribution in [-0.4, -0.2) is 20.9 Å². The first-order valence-electron chi connectivity index (χ1n) is 5.92. The fourth-order valence-electron chi connectivity index (χ4n) is 1.68. The van der Waals surface area contributed by atoms with Gasteiger partial charge in [-0.2, -0.15) is 5.10 Å². The lowest BCUT2D eigenvalue weighted by atomic mass is 10.1. The normalized spacial score (nSPS) is 10.9. The van der Waals surface area contributed by atoms with Gasteiger partial charge in [0.05, 0.1) is 6.10 Å². The lowest BCUT2D eigenvalue weighted by Crippen LogP contribution is -2.05. The smallest absolute Gasteiger partial charge is 0.194 e. The van der Waals surface area contributed by atoms with Gasteiger partial charge in [-0.3, -0.25) is 5.10 Å². The van der Waals surface area contributed by atoms with Gasteiger partial charge in [-0.05, 0) is 43.8 Å². The van der Waals surface area contributed by atoms with Gasteiger partial charge in [0.1, 0.15) is 11.6 Å². The largest absolute Gasteiger partial charge is 0.491 e. The van der Waals surface area contributed by atoms with Crippen LogP contribution in [0.15, 0.2) is 24.3 Å². The highest BCUT2D eigenvalue weighted by Crippen LogP contribution is 2.15. The Balaban J connectivity index is 2.11. The third-order valence-electron chi connectivity index (χ3n) is 2.63. The average Bonchev–Trinajstić information content (AvgIpc) is 2.63. The van der Waals surface area contributed by atoms with Crippen molar-refractivity contribution < 1.29 is 4.74 Å². The molecule has 1 aromatic heterocycles. The number of hydrogen-bond acceptors (Lipinski definition) is 3. The summed E-state index contributed by atoms with van der Waals surface area (Å²) in [5.74, 6) is 1.82. The topological polar surface area (TPSA) is 42.8 Å². The highest BCUT2D eigenvalue weighted by molar-refractivity contribution is 7.71. The molecule has 18 heavy (non-hydrogen) atoms. The Morgan fingerprint density at radius 2 is 2.00 bits per heavy atom. The zero-order valence-electron chi connectivity index (χ0n) is 10.8. The van der Waals surface area contributed by atoms with Crippen molar-refractivity contribution in [1.29, 1.82) is 0 Å². The number of ether oxygens (including phenoxy) is 1. The summed E-state index contributed by atoms with van der Waals surface area (Å²) < 4.78 is 8.13. The molecule has 0 fully saturated rings. The van der Waals surface area contributed by atoms with Crippen molar-refractivity contribution in [2.24, 2.45) is 7.05 Å². The standard InChI is InChI=1S/C13H17N3OS/c1-9(2)17-11-6-4-10(5-7-11)8-12-14-15-13(18)16(12)3/h4-7,9H,8H2,1-3H3,(H,15,18). The molecule has 2 aromatic rings. The number of nitrogens with zero attached hydrogens (tertiary/aromatic N) is 2. The minimum absolute atomic E-state index is 0.197. The summed E-state index contributed by atoms with van der Waals surface area (Å²) >= 11 is 5.08. The Morgan fingerprint density at radius 3 is 2.50 bits per heavy atom. The molecule has 96 valence electrons. The van der Waals surface area contributed by atoms with E-state index in [9.17, 15) is 0 Å². The molecule has 0 amide bonds. The van der Waals surface area contributed by atoms with Crippen molar-refractivity contribution >= 4 is 12.2 Å². The molecule has 5 heteroatoms. The van der Waals surface area contributed by atoms with E-state index in [0.29, 0.717) is 4.77 Å². The summed E-state index contributed by atoms with van der Waals surface area (Å²) in [6, 6.07) is 8.07. The zero-order valence-corrected chi connectivity index (χ0v) is 11.6. The van der Waals surface area contributed by atoms with Crippen LogP contribution in [0, 0.1) is 4.77 Å². The third-order valence-corrected chi connectivity index (χ3v) is 2.99. The van der Waals surface area contributed by atoms with Crippen molar-refractivity contribution in [3.05, 3.63) is 40.4 Å². The van der Waals surface area contributed by atoms with Gasteiger partial charge in [-0.25, -0.2) is 0 Å². The molecule has 2 rings (SSSR count). The maximum atomic E-state index is 5.60. The van der Waals surface area contributed by atoms with E-state index in [-0.39, 0.29) is 6.10 Å². The highest BCUT2D eigenvalue weighted by Gasteiger charge is 2.04. The highest BCUT2D eigenvalue weighted by atomic mass is 32.1. The molecule has 4 nitrogen and oxygen atoms in total. The molecule has 0 bridgehead atoms. The van der Waals surface area contributed by atoms with Gasteiger partial charge in [-0.1, -0.05) is 12.1 Å². The van der Waals surface area contributed by atoms with Crippen molar-refractivity contribution in [3.63, 3.8) is 0 Å². The van der Waals surface area contributed by atoms with Crippen LogP contribution in [0.4, 0.5) is 0 Å². The second-order valence-corrected chi connectivity index (χ2v) is 4.88. The molecule has 1 heterocycles. The van der Waals surface area contributed by atoms with Crippen LogP contribution in [0.1, 0.15) is 25.2 Å². The quantitative estimate of drug-likeness (QED) is 0.863. The van der Waals surface area contributed by atoms with Crippen molar-refractivity contribution in [2.75, 3.05) is 0 Å². The minimum atomic E-state index is 0.197. The molecule has 0 radical (unpaired) electrons. The number of H-pyrrole nitrogens is 1. The Bertz CT molecular complexity index is 569. The van der Waals surface area contributed by atoms with Crippen LogP contribution >= 0.6 is 12.2 Å². The van der Waals surface area contributed by atoms with Crippen molar-refractivity contribution in [1.82, 2.24) is 14.8 Å². The molecule has 0 aliphatic rings. The average molecular weight is 263 g/mol. The van der Waals surface area contributed by atoms with E-state index in [0.717, 1.165) is 18.0 Å². The van der Waals surface area contributed by atoms with E-state index in [2.05, 4.69) is 22.3 Å². The summed E-state index contributed by atoms with van der Waals surface area (Å²) in [5.41, 5.74) is 1.18. The molecule has 0 saturated carbocycles. The van der Waals surface area contributed by atoms with E-state index in [4.69, 9.17) is 17.0 Å². The monoisotopic (exact) mass is 263 g/mol. The number of nitrogens with one attached hydrogen (secondary N) is 1. The molecule has 0 aliphatic heterocycles. The predicted octanol–water partition coefficient (Wildman–Crippen LogP) is 2.86. The number of benzene rings is 1. The van der Waals surface area contributed by atoms with E-state index < -0.39 is 0 Å². The van der Waals surface area contributed by atoms with Gasteiger partial charge in [0.25, 0.3) is 0 Å². The maximum absolute atomic E-state index is 5.60. The SMILES string of the molecule is CC(C)Oc1ccc(Cc2n[nH]c(=S)n2C)cc1. The van der Waals surface area contributed by atoms with Crippen LogP contribution in [0.3, 0.4) is 0 Å². The Labute approximate surface area is 112 Å². The molecule has 0 atom stereocenters. The van der Waals surface area contributed by atoms with E-state index in [1.54, 1.807) is 0 Å². The summed E-state index contributed by atoms with van der Waals surface area (Å²) in [6.45, 7) is 4.03. The summed E-state index contributed by atoms with van der Waals surface area (Å²) in [5, 5.41) is 6.98. The Hall–Kier alpha value is -1.62. The first-order valence-corrected chi connectivity index (χ1v) is 6.33. The van der Waals surface area contributed by atoms with E-state index in [1.807, 2.05) is 37.6 Å². The number of hydrogen-bond donors (Lipinski definition) is 1. The van der Waals surface area contributed by atoms with Crippen molar-refractivity contribution in [2.45, 2.75) is 26.4 Å². The van der Waals surface area contributed by atoms with Gasteiger partial charge in [0.2, 0.25) is 0 Å². The van der Waals surface area contributed by atoms with Gasteiger partial charge in [0.15, 0.2) is 4.77 Å². The molecule has 0 spiro atoms. The summed E-state index contributed by atoms with van der Waals surface area (Å²) in [7, 11) is 1.91. The predicted molar refractivity (Wildman–Crippen MR) is 73.4 cm³/mol. The van der Waals surface area contributed by atoms with Gasteiger partial charge in [-0.15, -0.1) is 0 Å². The number of aromatic nitrogens is 3. The van der Waals surface area contributed by atoms with Gasteiger partial charge >= 0.3 is 0 Å².